The number of thiazole rings is 1. The maximum Gasteiger partial charge on any atom is 0.222 e. The molecular formula is C14H18N4OS2. The largest absolute Gasteiger partial charge is 0.300 e. The molecule has 21 heavy (non-hydrogen) atoms. The van der Waals surface area contributed by atoms with Gasteiger partial charge in [-0.05, 0) is 26.7 Å². The van der Waals surface area contributed by atoms with Gasteiger partial charge in [0.15, 0.2) is 0 Å². The van der Waals surface area contributed by atoms with Crippen molar-refractivity contribution >= 4 is 22.1 Å². The van der Waals surface area contributed by atoms with Crippen LogP contribution in [0, 0.1) is 13.8 Å². The molecule has 0 unspecified atom stereocenters. The molecule has 112 valence electrons. The summed E-state index contributed by atoms with van der Waals surface area (Å²) in [5.74, 6) is 1.89. The van der Waals surface area contributed by atoms with E-state index in [0.29, 0.717) is 23.4 Å². The van der Waals surface area contributed by atoms with Crippen molar-refractivity contribution in [3.63, 3.8) is 0 Å². The first-order chi connectivity index (χ1) is 10.1. The lowest BCUT2D eigenvalue weighted by molar-refractivity contribution is 0.641. The Balaban J connectivity index is 1.87. The Morgan fingerprint density at radius 1 is 1.43 bits per heavy atom. The van der Waals surface area contributed by atoms with E-state index in [9.17, 15) is 4.21 Å². The van der Waals surface area contributed by atoms with Crippen LogP contribution < -0.4 is 0 Å². The molecule has 0 amide bonds. The fourth-order valence-electron chi connectivity index (χ4n) is 2.30. The molecule has 0 aliphatic heterocycles. The molecule has 1 atom stereocenters. The van der Waals surface area contributed by atoms with Crippen molar-refractivity contribution in [3.05, 3.63) is 34.1 Å². The van der Waals surface area contributed by atoms with Gasteiger partial charge in [-0.15, -0.1) is 28.1 Å². The van der Waals surface area contributed by atoms with Gasteiger partial charge >= 0.3 is 0 Å². The van der Waals surface area contributed by atoms with Crippen molar-refractivity contribution in [2.24, 2.45) is 0 Å². The van der Waals surface area contributed by atoms with Gasteiger partial charge in [-0.3, -0.25) is 8.78 Å². The van der Waals surface area contributed by atoms with Gasteiger partial charge in [0.25, 0.3) is 0 Å². The van der Waals surface area contributed by atoms with Crippen molar-refractivity contribution < 1.29 is 4.21 Å². The van der Waals surface area contributed by atoms with E-state index in [1.165, 1.54) is 0 Å². The van der Waals surface area contributed by atoms with Gasteiger partial charge < -0.3 is 0 Å². The molecule has 1 aliphatic carbocycles. The molecule has 0 N–H and O–H groups in total. The third kappa shape index (κ3) is 2.98. The molecule has 0 saturated heterocycles. The molecule has 0 spiro atoms. The molecule has 3 rings (SSSR count). The second-order valence-electron chi connectivity index (χ2n) is 5.25. The Morgan fingerprint density at radius 2 is 2.19 bits per heavy atom. The second-order valence-corrected chi connectivity index (χ2v) is 7.88. The van der Waals surface area contributed by atoms with Gasteiger partial charge in [-0.2, -0.15) is 0 Å². The summed E-state index contributed by atoms with van der Waals surface area (Å²) in [6.07, 6.45) is 4.10. The van der Waals surface area contributed by atoms with Crippen LogP contribution >= 0.6 is 11.3 Å². The third-order valence-corrected chi connectivity index (χ3v) is 5.98. The highest BCUT2D eigenvalue weighted by molar-refractivity contribution is 7.84. The standard InChI is InChI=1S/C14H18N4OS2/c1-4-7-18-13(11-5-6-11)16-17-14(18)21(19)8-12-9(2)15-10(3)20-12/h4,11H,1,5-8H2,2-3H3/t21-/m0/s1. The zero-order valence-corrected chi connectivity index (χ0v) is 13.8. The first kappa shape index (κ1) is 14.6. The smallest absolute Gasteiger partial charge is 0.222 e. The quantitative estimate of drug-likeness (QED) is 0.767. The maximum atomic E-state index is 12.7. The highest BCUT2D eigenvalue weighted by Gasteiger charge is 2.31. The van der Waals surface area contributed by atoms with Gasteiger partial charge in [0.05, 0.1) is 27.3 Å². The fraction of sp³-hybridized carbons (Fsp3) is 0.500. The van der Waals surface area contributed by atoms with Crippen molar-refractivity contribution in [1.29, 1.82) is 0 Å². The number of nitrogens with zero attached hydrogens (tertiary/aromatic N) is 4. The Hall–Kier alpha value is -1.34. The molecule has 0 bridgehead atoms. The van der Waals surface area contributed by atoms with Gasteiger partial charge in [-0.1, -0.05) is 6.08 Å². The molecule has 1 saturated carbocycles. The minimum absolute atomic E-state index is 0.456. The van der Waals surface area contributed by atoms with Crippen molar-refractivity contribution in [1.82, 2.24) is 19.7 Å². The maximum absolute atomic E-state index is 12.7. The van der Waals surface area contributed by atoms with Crippen LogP contribution in [-0.2, 0) is 23.1 Å². The summed E-state index contributed by atoms with van der Waals surface area (Å²) in [6.45, 7) is 8.31. The van der Waals surface area contributed by atoms with Gasteiger partial charge in [-0.25, -0.2) is 4.98 Å². The number of aryl methyl sites for hydroxylation is 2. The molecule has 7 heteroatoms. The Kier molecular flexibility index (Phi) is 4.03. The van der Waals surface area contributed by atoms with Crippen LogP contribution in [0.2, 0.25) is 0 Å². The van der Waals surface area contributed by atoms with Gasteiger partial charge in [0.1, 0.15) is 5.82 Å². The number of allylic oxidation sites excluding steroid dienone is 1. The summed E-state index contributed by atoms with van der Waals surface area (Å²) in [5, 5.41) is 9.99. The van der Waals surface area contributed by atoms with Crippen LogP contribution in [0.25, 0.3) is 0 Å². The molecule has 1 fully saturated rings. The monoisotopic (exact) mass is 322 g/mol. The van der Waals surface area contributed by atoms with E-state index >= 15 is 0 Å². The molecule has 5 nitrogen and oxygen atoms in total. The molecule has 2 aromatic rings. The van der Waals surface area contributed by atoms with Crippen LogP contribution in [0.3, 0.4) is 0 Å². The molecule has 2 aromatic heterocycles. The van der Waals surface area contributed by atoms with Gasteiger partial charge in [0.2, 0.25) is 5.16 Å². The zero-order valence-electron chi connectivity index (χ0n) is 12.2. The number of hydrogen-bond acceptors (Lipinski definition) is 5. The van der Waals surface area contributed by atoms with Crippen LogP contribution in [0.15, 0.2) is 17.8 Å². The first-order valence-electron chi connectivity index (χ1n) is 6.95. The van der Waals surface area contributed by atoms with E-state index in [-0.39, 0.29) is 0 Å². The van der Waals surface area contributed by atoms with Crippen LogP contribution in [0.1, 0.15) is 40.2 Å². The number of rotatable bonds is 6. The first-order valence-corrected chi connectivity index (χ1v) is 9.09. The third-order valence-electron chi connectivity index (χ3n) is 3.47. The number of hydrogen-bond donors (Lipinski definition) is 0. The lowest BCUT2D eigenvalue weighted by Crippen LogP contribution is -2.09. The number of aromatic nitrogens is 4. The van der Waals surface area contributed by atoms with E-state index in [1.807, 2.05) is 18.4 Å². The lowest BCUT2D eigenvalue weighted by Gasteiger charge is -2.06. The molecular weight excluding hydrogens is 304 g/mol. The Labute approximate surface area is 130 Å². The van der Waals surface area contributed by atoms with Crippen LogP contribution in [0.5, 0.6) is 0 Å². The Bertz CT molecular complexity index is 700. The van der Waals surface area contributed by atoms with Crippen molar-refractivity contribution in [2.45, 2.75) is 50.1 Å². The van der Waals surface area contributed by atoms with E-state index in [1.54, 1.807) is 17.4 Å². The van der Waals surface area contributed by atoms with E-state index in [2.05, 4.69) is 21.8 Å². The van der Waals surface area contributed by atoms with Crippen LogP contribution in [-0.4, -0.2) is 24.0 Å². The van der Waals surface area contributed by atoms with Gasteiger partial charge in [0, 0.05) is 17.3 Å². The summed E-state index contributed by atoms with van der Waals surface area (Å²) >= 11 is 1.60. The van der Waals surface area contributed by atoms with Crippen LogP contribution in [0.4, 0.5) is 0 Å². The topological polar surface area (TPSA) is 60.7 Å². The molecule has 1 aliphatic rings. The summed E-state index contributed by atoms with van der Waals surface area (Å²) in [5.41, 5.74) is 0.961. The molecule has 2 heterocycles. The highest BCUT2D eigenvalue weighted by Crippen LogP contribution is 2.39. The lowest BCUT2D eigenvalue weighted by atomic mass is 10.4. The predicted octanol–water partition coefficient (Wildman–Crippen LogP) is 2.72. The zero-order chi connectivity index (χ0) is 15.0. The molecule has 0 aromatic carbocycles. The Morgan fingerprint density at radius 3 is 2.76 bits per heavy atom. The highest BCUT2D eigenvalue weighted by atomic mass is 32.2. The van der Waals surface area contributed by atoms with Crippen molar-refractivity contribution in [2.75, 3.05) is 0 Å². The van der Waals surface area contributed by atoms with E-state index in [0.717, 1.165) is 34.2 Å². The fourth-order valence-corrected chi connectivity index (χ4v) is 4.71. The molecule has 0 radical (unpaired) electrons. The van der Waals surface area contributed by atoms with E-state index < -0.39 is 10.8 Å². The summed E-state index contributed by atoms with van der Waals surface area (Å²) < 4.78 is 14.6. The average Bonchev–Trinajstić information content (AvgIpc) is 3.11. The minimum atomic E-state index is -1.20. The van der Waals surface area contributed by atoms with Crippen molar-refractivity contribution in [3.8, 4) is 0 Å². The normalized spacial score (nSPS) is 16.1. The van der Waals surface area contributed by atoms with E-state index in [4.69, 9.17) is 0 Å². The minimum Gasteiger partial charge on any atom is -0.300 e. The summed E-state index contributed by atoms with van der Waals surface area (Å²) in [7, 11) is -1.20. The average molecular weight is 322 g/mol. The summed E-state index contributed by atoms with van der Waals surface area (Å²) in [6, 6.07) is 0. The second kappa shape index (κ2) is 5.81. The predicted molar refractivity (Wildman–Crippen MR) is 83.9 cm³/mol. The summed E-state index contributed by atoms with van der Waals surface area (Å²) in [4.78, 5) is 5.45. The SMILES string of the molecule is C=CCn1c(C2CC2)nnc1[S@@](=O)Cc1sc(C)nc1C.